The minimum Gasteiger partial charge on any atom is -0.508 e. The number of carbonyl (C=O) groups is 2. The fourth-order valence-corrected chi connectivity index (χ4v) is 1.87. The van der Waals surface area contributed by atoms with Crippen LogP contribution >= 0.6 is 0 Å². The molecule has 0 saturated carbocycles. The normalized spacial score (nSPS) is 11.8. The molecule has 5 heteroatoms. The molecule has 0 radical (unpaired) electrons. The topological polar surface area (TPSA) is 86.6 Å². The first-order valence-electron chi connectivity index (χ1n) is 6.74. The summed E-state index contributed by atoms with van der Waals surface area (Å²) in [7, 11) is 0. The van der Waals surface area contributed by atoms with Crippen LogP contribution in [0.15, 0.2) is 24.3 Å². The number of aliphatic carboxylic acids is 1. The van der Waals surface area contributed by atoms with Crippen molar-refractivity contribution in [3.63, 3.8) is 0 Å². The van der Waals surface area contributed by atoms with Gasteiger partial charge in [-0.25, -0.2) is 0 Å². The van der Waals surface area contributed by atoms with Crippen molar-refractivity contribution in [2.45, 2.75) is 32.6 Å². The summed E-state index contributed by atoms with van der Waals surface area (Å²) in [6.45, 7) is 2.49. The molecule has 5 nitrogen and oxygen atoms in total. The van der Waals surface area contributed by atoms with E-state index >= 15 is 0 Å². The minimum atomic E-state index is -0.791. The van der Waals surface area contributed by atoms with Crippen LogP contribution in [0.2, 0.25) is 0 Å². The van der Waals surface area contributed by atoms with Crippen molar-refractivity contribution < 1.29 is 19.8 Å². The molecule has 3 N–H and O–H groups in total. The third-order valence-electron chi connectivity index (χ3n) is 3.15. The first-order chi connectivity index (χ1) is 9.49. The lowest BCUT2D eigenvalue weighted by molar-refractivity contribution is -0.137. The summed E-state index contributed by atoms with van der Waals surface area (Å²) < 4.78 is 0. The van der Waals surface area contributed by atoms with Gasteiger partial charge in [0.1, 0.15) is 5.75 Å². The van der Waals surface area contributed by atoms with Crippen LogP contribution < -0.4 is 5.32 Å². The summed E-state index contributed by atoms with van der Waals surface area (Å²) in [5, 5.41) is 20.9. The summed E-state index contributed by atoms with van der Waals surface area (Å²) in [5.41, 5.74) is 0.601. The number of hydrogen-bond acceptors (Lipinski definition) is 3. The lowest BCUT2D eigenvalue weighted by Gasteiger charge is -2.11. The van der Waals surface area contributed by atoms with Gasteiger partial charge in [-0.05, 0) is 24.8 Å². The average Bonchev–Trinajstić information content (AvgIpc) is 2.39. The molecule has 0 spiro atoms. The minimum absolute atomic E-state index is 0.123. The Morgan fingerprint density at radius 1 is 1.25 bits per heavy atom. The second-order valence-corrected chi connectivity index (χ2v) is 4.98. The summed E-state index contributed by atoms with van der Waals surface area (Å²) in [6, 6.07) is 6.75. The van der Waals surface area contributed by atoms with E-state index in [0.717, 1.165) is 6.42 Å². The van der Waals surface area contributed by atoms with Crippen LogP contribution in [0, 0.1) is 5.92 Å². The van der Waals surface area contributed by atoms with E-state index in [1.807, 2.05) is 6.92 Å². The number of hydrogen-bond donors (Lipinski definition) is 3. The van der Waals surface area contributed by atoms with E-state index in [1.165, 1.54) is 0 Å². The van der Waals surface area contributed by atoms with Gasteiger partial charge < -0.3 is 15.5 Å². The Kier molecular flexibility index (Phi) is 6.56. The number of carboxylic acid groups (broad SMARTS) is 1. The number of nitrogens with one attached hydrogen (secondary N) is 1. The van der Waals surface area contributed by atoms with E-state index in [4.69, 9.17) is 5.11 Å². The monoisotopic (exact) mass is 279 g/mol. The van der Waals surface area contributed by atoms with Gasteiger partial charge >= 0.3 is 5.97 Å². The van der Waals surface area contributed by atoms with E-state index in [-0.39, 0.29) is 30.4 Å². The Hall–Kier alpha value is -2.04. The Labute approximate surface area is 118 Å². The third kappa shape index (κ3) is 6.22. The highest BCUT2D eigenvalue weighted by molar-refractivity contribution is 5.79. The van der Waals surface area contributed by atoms with E-state index < -0.39 is 5.97 Å². The first-order valence-corrected chi connectivity index (χ1v) is 6.74. The Bertz CT molecular complexity index is 459. The molecule has 1 aromatic carbocycles. The van der Waals surface area contributed by atoms with Crippen molar-refractivity contribution in [2.75, 3.05) is 6.54 Å². The highest BCUT2D eigenvalue weighted by Gasteiger charge is 2.08. The maximum Gasteiger partial charge on any atom is 0.303 e. The molecule has 0 aliphatic rings. The Morgan fingerprint density at radius 2 is 1.95 bits per heavy atom. The largest absolute Gasteiger partial charge is 0.508 e. The summed E-state index contributed by atoms with van der Waals surface area (Å²) in [5.74, 6) is -0.550. The molecule has 1 atom stereocenters. The van der Waals surface area contributed by atoms with Gasteiger partial charge in [0.25, 0.3) is 0 Å². The number of carboxylic acids is 1. The molecule has 0 saturated heterocycles. The van der Waals surface area contributed by atoms with Crippen LogP contribution in [0.3, 0.4) is 0 Å². The fraction of sp³-hybridized carbons (Fsp3) is 0.467. The molecule has 0 aliphatic heterocycles. The van der Waals surface area contributed by atoms with Gasteiger partial charge in [-0.15, -0.1) is 0 Å². The Balaban J connectivity index is 2.24. The molecule has 0 aliphatic carbocycles. The predicted octanol–water partition coefficient (Wildman–Crippen LogP) is 1.94. The number of carbonyl (C=O) groups excluding carboxylic acids is 1. The molecule has 1 amide bonds. The summed E-state index contributed by atoms with van der Waals surface area (Å²) in [4.78, 5) is 22.1. The van der Waals surface area contributed by atoms with Gasteiger partial charge in [-0.1, -0.05) is 25.1 Å². The van der Waals surface area contributed by atoms with Gasteiger partial charge in [0.2, 0.25) is 5.91 Å². The molecule has 1 rings (SSSR count). The molecule has 20 heavy (non-hydrogen) atoms. The molecular weight excluding hydrogens is 258 g/mol. The van der Waals surface area contributed by atoms with Crippen molar-refractivity contribution in [3.05, 3.63) is 29.8 Å². The maximum absolute atomic E-state index is 11.7. The number of para-hydroxylation sites is 1. The standard InChI is InChI=1S/C15H21NO4/c1-11(6-7-15(19)20)8-9-16-14(18)10-12-4-2-3-5-13(12)17/h2-5,11,17H,6-10H2,1H3,(H,16,18)(H,19,20). The smallest absolute Gasteiger partial charge is 0.303 e. The second kappa shape index (κ2) is 8.19. The number of phenols is 1. The van der Waals surface area contributed by atoms with Crippen LogP contribution in [-0.4, -0.2) is 28.6 Å². The summed E-state index contributed by atoms with van der Waals surface area (Å²) in [6.07, 6.45) is 1.67. The Morgan fingerprint density at radius 3 is 2.60 bits per heavy atom. The van der Waals surface area contributed by atoms with E-state index in [9.17, 15) is 14.7 Å². The molecule has 1 unspecified atom stereocenters. The van der Waals surface area contributed by atoms with Crippen LogP contribution in [-0.2, 0) is 16.0 Å². The van der Waals surface area contributed by atoms with Gasteiger partial charge in [0.05, 0.1) is 6.42 Å². The van der Waals surface area contributed by atoms with Gasteiger partial charge in [-0.2, -0.15) is 0 Å². The van der Waals surface area contributed by atoms with E-state index in [2.05, 4.69) is 5.32 Å². The van der Waals surface area contributed by atoms with Crippen molar-refractivity contribution in [1.29, 1.82) is 0 Å². The zero-order valence-corrected chi connectivity index (χ0v) is 11.6. The van der Waals surface area contributed by atoms with E-state index in [0.29, 0.717) is 18.5 Å². The van der Waals surface area contributed by atoms with Crippen molar-refractivity contribution >= 4 is 11.9 Å². The zero-order chi connectivity index (χ0) is 15.0. The number of rotatable bonds is 8. The van der Waals surface area contributed by atoms with Crippen molar-refractivity contribution in [2.24, 2.45) is 5.92 Å². The lowest BCUT2D eigenvalue weighted by Crippen LogP contribution is -2.27. The number of aromatic hydroxyl groups is 1. The molecule has 1 aromatic rings. The molecule has 0 bridgehead atoms. The maximum atomic E-state index is 11.7. The van der Waals surface area contributed by atoms with Crippen molar-refractivity contribution in [3.8, 4) is 5.75 Å². The number of phenolic OH excluding ortho intramolecular Hbond substituents is 1. The quantitative estimate of drug-likeness (QED) is 0.678. The van der Waals surface area contributed by atoms with Gasteiger partial charge in [0.15, 0.2) is 0 Å². The zero-order valence-electron chi connectivity index (χ0n) is 11.6. The summed E-state index contributed by atoms with van der Waals surface area (Å²) >= 11 is 0. The van der Waals surface area contributed by atoms with Gasteiger partial charge in [0, 0.05) is 18.5 Å². The SMILES string of the molecule is CC(CCNC(=O)Cc1ccccc1O)CCC(=O)O. The van der Waals surface area contributed by atoms with Crippen LogP contribution in [0.4, 0.5) is 0 Å². The van der Waals surface area contributed by atoms with Crippen molar-refractivity contribution in [1.82, 2.24) is 5.32 Å². The molecule has 110 valence electrons. The first kappa shape index (κ1) is 16.0. The molecule has 0 fully saturated rings. The van der Waals surface area contributed by atoms with Crippen LogP contribution in [0.1, 0.15) is 31.7 Å². The second-order valence-electron chi connectivity index (χ2n) is 4.98. The van der Waals surface area contributed by atoms with E-state index in [1.54, 1.807) is 24.3 Å². The molecule has 0 heterocycles. The van der Waals surface area contributed by atoms with Crippen LogP contribution in [0.25, 0.3) is 0 Å². The lowest BCUT2D eigenvalue weighted by atomic mass is 10.0. The predicted molar refractivity (Wildman–Crippen MR) is 75.5 cm³/mol. The van der Waals surface area contributed by atoms with Gasteiger partial charge in [-0.3, -0.25) is 9.59 Å². The highest BCUT2D eigenvalue weighted by Crippen LogP contribution is 2.16. The average molecular weight is 279 g/mol. The third-order valence-corrected chi connectivity index (χ3v) is 3.15. The molecular formula is C15H21NO4. The number of benzene rings is 1. The number of amides is 1. The molecule has 0 aromatic heterocycles. The fourth-order valence-electron chi connectivity index (χ4n) is 1.87. The highest BCUT2D eigenvalue weighted by atomic mass is 16.4. The van der Waals surface area contributed by atoms with Crippen LogP contribution in [0.5, 0.6) is 5.75 Å².